The molecule has 3 aromatic rings. The fourth-order valence-corrected chi connectivity index (χ4v) is 2.03. The Morgan fingerprint density at radius 1 is 0.850 bits per heavy atom. The molecule has 3 heteroatoms. The molecular formula is C17H13NO2. The average molecular weight is 263 g/mol. The van der Waals surface area contributed by atoms with Crippen molar-refractivity contribution in [2.45, 2.75) is 0 Å². The highest BCUT2D eigenvalue weighted by atomic mass is 16.3. The van der Waals surface area contributed by atoms with Crippen LogP contribution in [0.3, 0.4) is 0 Å². The molecule has 0 aliphatic heterocycles. The Bertz CT molecular complexity index is 794. The fraction of sp³-hybridized carbons (Fsp3) is 0. The Morgan fingerprint density at radius 2 is 1.70 bits per heavy atom. The zero-order valence-electron chi connectivity index (χ0n) is 10.7. The second-order valence-electron chi connectivity index (χ2n) is 4.51. The van der Waals surface area contributed by atoms with Gasteiger partial charge in [-0.25, -0.2) is 4.98 Å². The number of benzene rings is 2. The largest absolute Gasteiger partial charge is 0.508 e. The van der Waals surface area contributed by atoms with E-state index in [0.29, 0.717) is 5.56 Å². The molecule has 0 aliphatic rings. The minimum Gasteiger partial charge on any atom is -0.508 e. The number of hydrogen-bond acceptors (Lipinski definition) is 3. The Kier molecular flexibility index (Phi) is 3.09. The number of aromatic nitrogens is 1. The molecule has 0 saturated heterocycles. The van der Waals surface area contributed by atoms with Crippen molar-refractivity contribution in [1.82, 2.24) is 4.98 Å². The molecule has 1 heterocycles. The normalized spacial score (nSPS) is 11.2. The maximum atomic E-state index is 9.70. The van der Waals surface area contributed by atoms with E-state index in [0.717, 1.165) is 16.6 Å². The first-order chi connectivity index (χ1) is 9.72. The summed E-state index contributed by atoms with van der Waals surface area (Å²) in [5.74, 6) is 0.244. The summed E-state index contributed by atoms with van der Waals surface area (Å²) in [7, 11) is 0. The molecule has 20 heavy (non-hydrogen) atoms. The molecule has 0 unspecified atom stereocenters. The molecule has 0 fully saturated rings. The molecule has 0 aliphatic carbocycles. The van der Waals surface area contributed by atoms with Crippen molar-refractivity contribution in [1.29, 1.82) is 0 Å². The third-order valence-electron chi connectivity index (χ3n) is 3.06. The van der Waals surface area contributed by atoms with Gasteiger partial charge in [-0.15, -0.1) is 0 Å². The Hall–Kier alpha value is -2.81. The highest BCUT2D eigenvalue weighted by molar-refractivity contribution is 5.81. The van der Waals surface area contributed by atoms with Gasteiger partial charge in [-0.1, -0.05) is 24.3 Å². The van der Waals surface area contributed by atoms with Crippen LogP contribution in [-0.2, 0) is 0 Å². The molecule has 2 aromatic carbocycles. The van der Waals surface area contributed by atoms with Crippen molar-refractivity contribution >= 4 is 23.1 Å². The Labute approximate surface area is 116 Å². The summed E-state index contributed by atoms with van der Waals surface area (Å²) < 4.78 is 0. The van der Waals surface area contributed by atoms with E-state index in [4.69, 9.17) is 0 Å². The van der Waals surface area contributed by atoms with Crippen LogP contribution < -0.4 is 0 Å². The molecule has 0 bridgehead atoms. The molecule has 2 N–H and O–H groups in total. The Balaban J connectivity index is 1.96. The predicted octanol–water partition coefficient (Wildman–Crippen LogP) is 3.82. The smallest absolute Gasteiger partial charge is 0.123 e. The summed E-state index contributed by atoms with van der Waals surface area (Å²) in [6.45, 7) is 0. The lowest BCUT2D eigenvalue weighted by Crippen LogP contribution is -1.82. The first kappa shape index (κ1) is 12.2. The number of aromatic hydroxyl groups is 2. The monoisotopic (exact) mass is 263 g/mol. The molecule has 98 valence electrons. The highest BCUT2D eigenvalue weighted by Crippen LogP contribution is 2.24. The van der Waals surface area contributed by atoms with Crippen molar-refractivity contribution < 1.29 is 10.2 Å². The van der Waals surface area contributed by atoms with E-state index in [1.165, 1.54) is 18.2 Å². The van der Waals surface area contributed by atoms with E-state index in [1.807, 2.05) is 36.4 Å². The maximum Gasteiger partial charge on any atom is 0.123 e. The summed E-state index contributed by atoms with van der Waals surface area (Å²) in [6, 6.07) is 16.2. The molecule has 0 radical (unpaired) electrons. The zero-order valence-corrected chi connectivity index (χ0v) is 10.7. The van der Waals surface area contributed by atoms with Crippen molar-refractivity contribution in [3.8, 4) is 11.5 Å². The topological polar surface area (TPSA) is 53.4 Å². The number of rotatable bonds is 2. The Morgan fingerprint density at radius 3 is 2.60 bits per heavy atom. The van der Waals surface area contributed by atoms with Crippen molar-refractivity contribution in [2.75, 3.05) is 0 Å². The van der Waals surface area contributed by atoms with E-state index in [1.54, 1.807) is 12.2 Å². The number of pyridine rings is 1. The molecule has 1 aromatic heterocycles. The van der Waals surface area contributed by atoms with Gasteiger partial charge in [0, 0.05) is 10.9 Å². The predicted molar refractivity (Wildman–Crippen MR) is 80.4 cm³/mol. The molecule has 0 amide bonds. The molecule has 0 atom stereocenters. The van der Waals surface area contributed by atoms with Crippen LogP contribution in [0.2, 0.25) is 0 Å². The zero-order chi connectivity index (χ0) is 13.9. The van der Waals surface area contributed by atoms with E-state index >= 15 is 0 Å². The van der Waals surface area contributed by atoms with E-state index in [-0.39, 0.29) is 11.5 Å². The summed E-state index contributed by atoms with van der Waals surface area (Å²) >= 11 is 0. The van der Waals surface area contributed by atoms with Crippen molar-refractivity contribution in [3.63, 3.8) is 0 Å². The summed E-state index contributed by atoms with van der Waals surface area (Å²) in [6.07, 6.45) is 3.53. The molecule has 3 rings (SSSR count). The van der Waals surface area contributed by atoms with Crippen LogP contribution >= 0.6 is 0 Å². The fourth-order valence-electron chi connectivity index (χ4n) is 2.03. The van der Waals surface area contributed by atoms with Gasteiger partial charge in [-0.3, -0.25) is 0 Å². The van der Waals surface area contributed by atoms with Gasteiger partial charge in [0.15, 0.2) is 0 Å². The first-order valence-electron chi connectivity index (χ1n) is 6.28. The summed E-state index contributed by atoms with van der Waals surface area (Å²) in [5, 5.41) is 20.2. The summed E-state index contributed by atoms with van der Waals surface area (Å²) in [4.78, 5) is 4.51. The minimum absolute atomic E-state index is 0.119. The molecule has 0 saturated carbocycles. The number of hydrogen-bond donors (Lipinski definition) is 2. The number of fused-ring (bicyclic) bond motifs is 1. The van der Waals surface area contributed by atoms with Gasteiger partial charge < -0.3 is 10.2 Å². The highest BCUT2D eigenvalue weighted by Gasteiger charge is 1.99. The lowest BCUT2D eigenvalue weighted by molar-refractivity contribution is 0.459. The number of para-hydroxylation sites is 1. The SMILES string of the molecule is Oc1ccc(O)c(C=Cc2ccc3ccccc3n2)c1. The van der Waals surface area contributed by atoms with Gasteiger partial charge in [0.25, 0.3) is 0 Å². The van der Waals surface area contributed by atoms with Crippen LogP contribution in [0.25, 0.3) is 23.1 Å². The summed E-state index contributed by atoms with van der Waals surface area (Å²) in [5.41, 5.74) is 2.28. The molecule has 3 nitrogen and oxygen atoms in total. The average Bonchev–Trinajstić information content (AvgIpc) is 2.48. The van der Waals surface area contributed by atoms with E-state index in [9.17, 15) is 10.2 Å². The van der Waals surface area contributed by atoms with Crippen LogP contribution in [0.1, 0.15) is 11.3 Å². The van der Waals surface area contributed by atoms with Gasteiger partial charge >= 0.3 is 0 Å². The number of phenolic OH excluding ortho intramolecular Hbond substituents is 2. The van der Waals surface area contributed by atoms with Crippen LogP contribution in [0.5, 0.6) is 11.5 Å². The van der Waals surface area contributed by atoms with Gasteiger partial charge in [-0.2, -0.15) is 0 Å². The van der Waals surface area contributed by atoms with Crippen LogP contribution in [0.4, 0.5) is 0 Å². The first-order valence-corrected chi connectivity index (χ1v) is 6.28. The minimum atomic E-state index is 0.119. The second-order valence-corrected chi connectivity index (χ2v) is 4.51. The van der Waals surface area contributed by atoms with Crippen molar-refractivity contribution in [2.24, 2.45) is 0 Å². The van der Waals surface area contributed by atoms with Gasteiger partial charge in [-0.05, 0) is 42.5 Å². The van der Waals surface area contributed by atoms with Gasteiger partial charge in [0.05, 0.1) is 11.2 Å². The number of phenols is 2. The standard InChI is InChI=1S/C17H13NO2/c19-15-9-10-17(20)13(11-15)6-8-14-7-5-12-3-1-2-4-16(12)18-14/h1-11,19-20H. The van der Waals surface area contributed by atoms with Crippen molar-refractivity contribution in [3.05, 3.63) is 65.9 Å². The third-order valence-corrected chi connectivity index (χ3v) is 3.06. The van der Waals surface area contributed by atoms with Crippen LogP contribution in [0.15, 0.2) is 54.6 Å². The van der Waals surface area contributed by atoms with Crippen LogP contribution in [-0.4, -0.2) is 15.2 Å². The lowest BCUT2D eigenvalue weighted by Gasteiger charge is -2.01. The second kappa shape index (κ2) is 5.05. The quantitative estimate of drug-likeness (QED) is 0.691. The molecular weight excluding hydrogens is 250 g/mol. The maximum absolute atomic E-state index is 9.70. The van der Waals surface area contributed by atoms with Gasteiger partial charge in [0.1, 0.15) is 11.5 Å². The van der Waals surface area contributed by atoms with Crippen LogP contribution in [0, 0.1) is 0 Å². The third kappa shape index (κ3) is 2.47. The lowest BCUT2D eigenvalue weighted by atomic mass is 10.1. The molecule has 0 spiro atoms. The number of nitrogens with zero attached hydrogens (tertiary/aromatic N) is 1. The van der Waals surface area contributed by atoms with Gasteiger partial charge in [0.2, 0.25) is 0 Å². The van der Waals surface area contributed by atoms with E-state index in [2.05, 4.69) is 4.98 Å². The van der Waals surface area contributed by atoms with E-state index < -0.39 is 0 Å².